The van der Waals surface area contributed by atoms with Crippen LogP contribution in [0.4, 0.5) is 0 Å². The quantitative estimate of drug-likeness (QED) is 0.276. The molecule has 5 rings (SSSR count). The summed E-state index contributed by atoms with van der Waals surface area (Å²) in [5.41, 5.74) is 2.84. The summed E-state index contributed by atoms with van der Waals surface area (Å²) < 4.78 is 5.37. The first-order valence-corrected chi connectivity index (χ1v) is 10.5. The van der Waals surface area contributed by atoms with E-state index < -0.39 is 17.7 Å². The zero-order valence-electron chi connectivity index (χ0n) is 17.9. The van der Waals surface area contributed by atoms with Gasteiger partial charge in [-0.25, -0.2) is 0 Å². The lowest BCUT2D eigenvalue weighted by Gasteiger charge is -2.25. The average molecular weight is 439 g/mol. The smallest absolute Gasteiger partial charge is 0.295 e. The third kappa shape index (κ3) is 3.53. The van der Waals surface area contributed by atoms with E-state index in [0.29, 0.717) is 16.9 Å². The van der Waals surface area contributed by atoms with Gasteiger partial charge in [-0.05, 0) is 41.5 Å². The number of para-hydroxylation sites is 1. The highest BCUT2D eigenvalue weighted by Gasteiger charge is 2.46. The van der Waals surface area contributed by atoms with Crippen molar-refractivity contribution in [3.8, 4) is 5.75 Å². The van der Waals surface area contributed by atoms with Gasteiger partial charge in [0.05, 0.1) is 18.7 Å². The Morgan fingerprint density at radius 2 is 1.88 bits per heavy atom. The predicted octanol–water partition coefficient (Wildman–Crippen LogP) is 4.19. The number of amides is 1. The highest BCUT2D eigenvalue weighted by Crippen LogP contribution is 2.42. The van der Waals surface area contributed by atoms with Gasteiger partial charge in [0.1, 0.15) is 11.5 Å². The summed E-state index contributed by atoms with van der Waals surface area (Å²) in [6.07, 6.45) is 4.93. The molecule has 0 saturated carbocycles. The standard InChI is InChI=1S/C26H21N3O4/c1-33-18-6-4-5-17(13-18)23-22(24(30)20-14-28-21-8-3-2-7-19(20)21)25(31)26(32)29(23)15-16-9-11-27-12-10-16/h2-14,23,28,30H,15H2,1H3/b24-22-. The van der Waals surface area contributed by atoms with Crippen LogP contribution in [0, 0.1) is 0 Å². The van der Waals surface area contributed by atoms with Crippen molar-refractivity contribution in [2.75, 3.05) is 7.11 Å². The number of benzene rings is 2. The minimum atomic E-state index is -0.776. The van der Waals surface area contributed by atoms with Crippen molar-refractivity contribution in [3.05, 3.63) is 102 Å². The second kappa shape index (κ2) is 8.27. The monoisotopic (exact) mass is 439 g/mol. The largest absolute Gasteiger partial charge is 0.507 e. The van der Waals surface area contributed by atoms with Crippen molar-refractivity contribution in [3.63, 3.8) is 0 Å². The lowest BCUT2D eigenvalue weighted by Crippen LogP contribution is -2.29. The van der Waals surface area contributed by atoms with Crippen LogP contribution in [0.5, 0.6) is 5.75 Å². The highest BCUT2D eigenvalue weighted by molar-refractivity contribution is 6.46. The number of Topliss-reactive ketones (excluding diaryl/α,β-unsaturated/α-hetero) is 1. The maximum Gasteiger partial charge on any atom is 0.295 e. The second-order valence-electron chi connectivity index (χ2n) is 7.81. The number of ether oxygens (including phenoxy) is 1. The number of hydrogen-bond acceptors (Lipinski definition) is 5. The maximum absolute atomic E-state index is 13.3. The van der Waals surface area contributed by atoms with Crippen LogP contribution < -0.4 is 4.74 Å². The molecule has 0 radical (unpaired) electrons. The molecule has 1 fully saturated rings. The molecule has 2 aromatic heterocycles. The number of rotatable bonds is 5. The van der Waals surface area contributed by atoms with Gasteiger partial charge in [-0.1, -0.05) is 30.3 Å². The topological polar surface area (TPSA) is 95.5 Å². The van der Waals surface area contributed by atoms with Gasteiger partial charge < -0.3 is 19.7 Å². The first-order valence-electron chi connectivity index (χ1n) is 10.5. The van der Waals surface area contributed by atoms with E-state index >= 15 is 0 Å². The Labute approximate surface area is 190 Å². The number of ketones is 1. The third-order valence-electron chi connectivity index (χ3n) is 5.90. The van der Waals surface area contributed by atoms with Crippen LogP contribution in [0.15, 0.2) is 84.8 Å². The number of methoxy groups -OCH3 is 1. The lowest BCUT2D eigenvalue weighted by atomic mass is 9.95. The fraction of sp³-hybridized carbons (Fsp3) is 0.115. The molecule has 33 heavy (non-hydrogen) atoms. The van der Waals surface area contributed by atoms with Crippen LogP contribution in [0.2, 0.25) is 0 Å². The van der Waals surface area contributed by atoms with E-state index in [2.05, 4.69) is 9.97 Å². The van der Waals surface area contributed by atoms with E-state index in [4.69, 9.17) is 4.74 Å². The Hall–Kier alpha value is -4.39. The summed E-state index contributed by atoms with van der Waals surface area (Å²) in [7, 11) is 1.55. The zero-order valence-corrected chi connectivity index (χ0v) is 17.9. The maximum atomic E-state index is 13.3. The molecule has 0 aliphatic carbocycles. The zero-order chi connectivity index (χ0) is 22.9. The number of aromatic amines is 1. The lowest BCUT2D eigenvalue weighted by molar-refractivity contribution is -0.140. The van der Waals surface area contributed by atoms with Gasteiger partial charge in [-0.2, -0.15) is 0 Å². The number of H-pyrrole nitrogens is 1. The van der Waals surface area contributed by atoms with E-state index in [9.17, 15) is 14.7 Å². The van der Waals surface area contributed by atoms with Crippen LogP contribution in [0.3, 0.4) is 0 Å². The summed E-state index contributed by atoms with van der Waals surface area (Å²) in [5, 5.41) is 12.1. The summed E-state index contributed by atoms with van der Waals surface area (Å²) in [6.45, 7) is 0.194. The summed E-state index contributed by atoms with van der Waals surface area (Å²) in [5.74, 6) is -1.01. The van der Waals surface area contributed by atoms with Gasteiger partial charge in [0.15, 0.2) is 0 Å². The Morgan fingerprint density at radius 1 is 1.09 bits per heavy atom. The number of likely N-dealkylation sites (tertiary alicyclic amines) is 1. The van der Waals surface area contributed by atoms with Crippen LogP contribution in [0.1, 0.15) is 22.7 Å². The molecule has 1 unspecified atom stereocenters. The van der Waals surface area contributed by atoms with Gasteiger partial charge >= 0.3 is 0 Å². The molecule has 1 aliphatic rings. The van der Waals surface area contributed by atoms with Crippen molar-refractivity contribution in [2.45, 2.75) is 12.6 Å². The fourth-order valence-corrected chi connectivity index (χ4v) is 4.30. The van der Waals surface area contributed by atoms with Gasteiger partial charge in [-0.15, -0.1) is 0 Å². The van der Waals surface area contributed by atoms with E-state index in [-0.39, 0.29) is 17.9 Å². The Morgan fingerprint density at radius 3 is 2.67 bits per heavy atom. The fourth-order valence-electron chi connectivity index (χ4n) is 4.30. The molecule has 1 amide bonds. The average Bonchev–Trinajstić information content (AvgIpc) is 3.39. The van der Waals surface area contributed by atoms with E-state index in [1.807, 2.05) is 30.3 Å². The molecule has 2 aromatic carbocycles. The molecule has 164 valence electrons. The number of aliphatic hydroxyl groups is 1. The van der Waals surface area contributed by atoms with Crippen molar-refractivity contribution < 1.29 is 19.4 Å². The van der Waals surface area contributed by atoms with Crippen molar-refractivity contribution in [2.24, 2.45) is 0 Å². The van der Waals surface area contributed by atoms with Gasteiger partial charge in [-0.3, -0.25) is 14.6 Å². The summed E-state index contributed by atoms with van der Waals surface area (Å²) >= 11 is 0. The number of hydrogen-bond donors (Lipinski definition) is 2. The number of pyridine rings is 1. The molecule has 1 atom stereocenters. The van der Waals surface area contributed by atoms with Gasteiger partial charge in [0.2, 0.25) is 0 Å². The SMILES string of the molecule is COc1cccc(C2/C(=C(/O)c3c[nH]c4ccccc34)C(=O)C(=O)N2Cc2ccncc2)c1. The molecule has 0 spiro atoms. The summed E-state index contributed by atoms with van der Waals surface area (Å²) in [4.78, 5) is 35.0. The Balaban J connectivity index is 1.70. The molecular weight excluding hydrogens is 418 g/mol. The number of aromatic nitrogens is 2. The van der Waals surface area contributed by atoms with Crippen molar-refractivity contribution in [1.29, 1.82) is 0 Å². The molecule has 1 saturated heterocycles. The number of nitrogens with one attached hydrogen (secondary N) is 1. The van der Waals surface area contributed by atoms with E-state index in [0.717, 1.165) is 16.5 Å². The van der Waals surface area contributed by atoms with Crippen LogP contribution >= 0.6 is 0 Å². The van der Waals surface area contributed by atoms with Crippen LogP contribution in [-0.4, -0.2) is 38.8 Å². The van der Waals surface area contributed by atoms with Crippen molar-refractivity contribution in [1.82, 2.24) is 14.9 Å². The molecular formula is C26H21N3O4. The first-order chi connectivity index (χ1) is 16.1. The number of carbonyl (C=O) groups is 2. The van der Waals surface area contributed by atoms with Crippen molar-refractivity contribution >= 4 is 28.4 Å². The second-order valence-corrected chi connectivity index (χ2v) is 7.81. The minimum Gasteiger partial charge on any atom is -0.507 e. The number of fused-ring (bicyclic) bond motifs is 1. The molecule has 3 heterocycles. The molecule has 4 aromatic rings. The van der Waals surface area contributed by atoms with Gasteiger partial charge in [0.25, 0.3) is 11.7 Å². The molecule has 7 nitrogen and oxygen atoms in total. The number of carbonyl (C=O) groups excluding carboxylic acids is 2. The Bertz CT molecular complexity index is 1390. The van der Waals surface area contributed by atoms with E-state index in [1.54, 1.807) is 56.0 Å². The van der Waals surface area contributed by atoms with Crippen LogP contribution in [-0.2, 0) is 16.1 Å². The number of nitrogens with zero attached hydrogens (tertiary/aromatic N) is 2. The molecule has 0 bridgehead atoms. The molecule has 1 aliphatic heterocycles. The normalized spacial score (nSPS) is 17.6. The Kier molecular flexibility index (Phi) is 5.14. The summed E-state index contributed by atoms with van der Waals surface area (Å²) in [6, 6.07) is 17.5. The predicted molar refractivity (Wildman–Crippen MR) is 123 cm³/mol. The minimum absolute atomic E-state index is 0.0482. The van der Waals surface area contributed by atoms with E-state index in [1.165, 1.54) is 4.90 Å². The van der Waals surface area contributed by atoms with Gasteiger partial charge in [0, 0.05) is 41.6 Å². The van der Waals surface area contributed by atoms with Crippen LogP contribution in [0.25, 0.3) is 16.7 Å². The number of aliphatic hydroxyl groups excluding tert-OH is 1. The molecule has 7 heteroatoms. The first kappa shape index (κ1) is 20.5. The highest BCUT2D eigenvalue weighted by atomic mass is 16.5. The third-order valence-corrected chi connectivity index (χ3v) is 5.90. The molecule has 2 N–H and O–H groups in total.